The minimum atomic E-state index is -0.113. The second-order valence-corrected chi connectivity index (χ2v) is 7.55. The summed E-state index contributed by atoms with van der Waals surface area (Å²) in [5.41, 5.74) is 3.85. The van der Waals surface area contributed by atoms with Crippen LogP contribution in [0.1, 0.15) is 17.5 Å². The number of hydrogen-bond donors (Lipinski definition) is 1. The van der Waals surface area contributed by atoms with Crippen molar-refractivity contribution in [1.29, 1.82) is 0 Å². The smallest absolute Gasteiger partial charge is 0.276 e. The number of rotatable bonds is 6. The number of likely N-dealkylation sites (N-methyl/N-ethyl adjacent to an activating group) is 1. The van der Waals surface area contributed by atoms with Crippen LogP contribution < -0.4 is 10.1 Å². The lowest BCUT2D eigenvalue weighted by Gasteiger charge is -2.08. The normalized spacial score (nSPS) is 15.4. The molecule has 1 aliphatic rings. The van der Waals surface area contributed by atoms with Crippen molar-refractivity contribution < 1.29 is 9.53 Å². The Kier molecular flexibility index (Phi) is 5.36. The van der Waals surface area contributed by atoms with Crippen molar-refractivity contribution in [2.24, 2.45) is 0 Å². The van der Waals surface area contributed by atoms with Crippen LogP contribution in [0.5, 0.6) is 5.75 Å². The predicted octanol–water partition coefficient (Wildman–Crippen LogP) is 4.11. The summed E-state index contributed by atoms with van der Waals surface area (Å²) in [4.78, 5) is 13.8. The van der Waals surface area contributed by atoms with Crippen LogP contribution in [0.15, 0.2) is 60.4 Å². The molecule has 2 aromatic carbocycles. The number of ether oxygens (including phenoxy) is 1. The molecule has 0 radical (unpaired) electrons. The molecule has 0 atom stereocenters. The van der Waals surface area contributed by atoms with Gasteiger partial charge in [0.25, 0.3) is 5.91 Å². The van der Waals surface area contributed by atoms with Crippen LogP contribution in [0.25, 0.3) is 17.0 Å². The van der Waals surface area contributed by atoms with E-state index in [0.717, 1.165) is 35.2 Å². The van der Waals surface area contributed by atoms with Crippen LogP contribution in [0.2, 0.25) is 0 Å². The van der Waals surface area contributed by atoms with E-state index in [4.69, 9.17) is 17.0 Å². The monoisotopic (exact) mass is 405 g/mol. The van der Waals surface area contributed by atoms with Crippen LogP contribution in [-0.4, -0.2) is 34.1 Å². The van der Waals surface area contributed by atoms with Crippen molar-refractivity contribution in [3.05, 3.63) is 71.6 Å². The highest BCUT2D eigenvalue weighted by Gasteiger charge is 2.27. The second kappa shape index (κ2) is 8.09. The third kappa shape index (κ3) is 4.03. The van der Waals surface area contributed by atoms with Gasteiger partial charge in [0, 0.05) is 36.3 Å². The summed E-state index contributed by atoms with van der Waals surface area (Å²) in [6.45, 7) is 3.54. The molecule has 0 saturated carbocycles. The lowest BCUT2D eigenvalue weighted by molar-refractivity contribution is -0.121. The molecule has 1 fully saturated rings. The fourth-order valence-corrected chi connectivity index (χ4v) is 3.61. The SMILES string of the molecule is Cc1ccc(OCCCn2cc(/C=C3\NC(=S)N(C)C3=O)c3ccccc32)cc1. The first-order chi connectivity index (χ1) is 14.0. The van der Waals surface area contributed by atoms with Gasteiger partial charge in [-0.2, -0.15) is 0 Å². The highest BCUT2D eigenvalue weighted by Crippen LogP contribution is 2.25. The van der Waals surface area contributed by atoms with E-state index >= 15 is 0 Å². The predicted molar refractivity (Wildman–Crippen MR) is 120 cm³/mol. The third-order valence-electron chi connectivity index (χ3n) is 5.03. The van der Waals surface area contributed by atoms with Gasteiger partial charge in [0.2, 0.25) is 0 Å². The van der Waals surface area contributed by atoms with Gasteiger partial charge in [-0.1, -0.05) is 35.9 Å². The van der Waals surface area contributed by atoms with Crippen LogP contribution in [0.4, 0.5) is 0 Å². The largest absolute Gasteiger partial charge is 0.494 e. The second-order valence-electron chi connectivity index (χ2n) is 7.16. The standard InChI is InChI=1S/C23H23N3O2S/c1-16-8-10-18(11-9-16)28-13-5-12-26-15-17(19-6-3-4-7-21(19)26)14-20-22(27)25(2)23(29)24-20/h3-4,6-11,14-15H,5,12-13H2,1-2H3,(H,24,29)/b20-14-. The zero-order valence-corrected chi connectivity index (χ0v) is 17.3. The number of para-hydroxylation sites is 1. The molecule has 0 aliphatic carbocycles. The van der Waals surface area contributed by atoms with Gasteiger partial charge in [-0.05, 0) is 49.8 Å². The molecular formula is C23H23N3O2S. The van der Waals surface area contributed by atoms with Crippen LogP contribution in [0.3, 0.4) is 0 Å². The number of aryl methyl sites for hydroxylation is 2. The molecule has 1 aromatic heterocycles. The van der Waals surface area contributed by atoms with E-state index < -0.39 is 0 Å². The van der Waals surface area contributed by atoms with Crippen molar-refractivity contribution in [1.82, 2.24) is 14.8 Å². The summed E-state index contributed by atoms with van der Waals surface area (Å²) in [5.74, 6) is 0.780. The first-order valence-electron chi connectivity index (χ1n) is 9.61. The molecule has 6 heteroatoms. The van der Waals surface area contributed by atoms with Crippen LogP contribution >= 0.6 is 12.2 Å². The number of amides is 1. The Hall–Kier alpha value is -3.12. The first-order valence-corrected chi connectivity index (χ1v) is 10.0. The number of nitrogens with zero attached hydrogens (tertiary/aromatic N) is 2. The number of aromatic nitrogens is 1. The number of thiocarbonyl (C=S) groups is 1. The van der Waals surface area contributed by atoms with Gasteiger partial charge < -0.3 is 14.6 Å². The molecule has 0 unspecified atom stereocenters. The molecule has 29 heavy (non-hydrogen) atoms. The average molecular weight is 406 g/mol. The highest BCUT2D eigenvalue weighted by molar-refractivity contribution is 7.80. The summed E-state index contributed by atoms with van der Waals surface area (Å²) < 4.78 is 8.06. The summed E-state index contributed by atoms with van der Waals surface area (Å²) in [5, 5.41) is 4.52. The van der Waals surface area contributed by atoms with Gasteiger partial charge in [-0.25, -0.2) is 0 Å². The molecule has 1 N–H and O–H groups in total. The van der Waals surface area contributed by atoms with E-state index in [9.17, 15) is 4.79 Å². The zero-order valence-electron chi connectivity index (χ0n) is 16.5. The van der Waals surface area contributed by atoms with Crippen molar-refractivity contribution in [3.63, 3.8) is 0 Å². The maximum absolute atomic E-state index is 12.3. The molecule has 0 spiro atoms. The molecule has 0 bridgehead atoms. The Morgan fingerprint density at radius 3 is 2.62 bits per heavy atom. The van der Waals surface area contributed by atoms with E-state index in [1.807, 2.05) is 30.3 Å². The topological polar surface area (TPSA) is 46.5 Å². The Labute approximate surface area is 175 Å². The van der Waals surface area contributed by atoms with Gasteiger partial charge in [0.15, 0.2) is 5.11 Å². The van der Waals surface area contributed by atoms with Crippen LogP contribution in [0, 0.1) is 6.92 Å². The van der Waals surface area contributed by atoms with Gasteiger partial charge in [-0.15, -0.1) is 0 Å². The Morgan fingerprint density at radius 2 is 1.90 bits per heavy atom. The summed E-state index contributed by atoms with van der Waals surface area (Å²) in [6, 6.07) is 16.3. The summed E-state index contributed by atoms with van der Waals surface area (Å²) in [6.07, 6.45) is 4.84. The third-order valence-corrected chi connectivity index (χ3v) is 5.41. The summed E-state index contributed by atoms with van der Waals surface area (Å²) >= 11 is 5.17. The first kappa shape index (κ1) is 19.2. The lowest BCUT2D eigenvalue weighted by Crippen LogP contribution is -2.25. The number of carbonyl (C=O) groups is 1. The summed E-state index contributed by atoms with van der Waals surface area (Å²) in [7, 11) is 1.68. The van der Waals surface area contributed by atoms with E-state index in [2.05, 4.69) is 47.3 Å². The fraction of sp³-hybridized carbons (Fsp3) is 0.217. The molecule has 2 heterocycles. The molecule has 1 aliphatic heterocycles. The molecule has 3 aromatic rings. The molecule has 5 nitrogen and oxygen atoms in total. The number of carbonyl (C=O) groups excluding carboxylic acids is 1. The molecule has 148 valence electrons. The fourth-order valence-electron chi connectivity index (χ4n) is 3.41. The Bertz CT molecular complexity index is 1100. The molecule has 1 amide bonds. The highest BCUT2D eigenvalue weighted by atomic mass is 32.1. The van der Waals surface area contributed by atoms with E-state index in [0.29, 0.717) is 17.4 Å². The van der Waals surface area contributed by atoms with E-state index in [-0.39, 0.29) is 5.91 Å². The minimum absolute atomic E-state index is 0.113. The van der Waals surface area contributed by atoms with Gasteiger partial charge in [0.1, 0.15) is 11.4 Å². The Morgan fingerprint density at radius 1 is 1.14 bits per heavy atom. The van der Waals surface area contributed by atoms with Crippen molar-refractivity contribution in [2.45, 2.75) is 19.9 Å². The van der Waals surface area contributed by atoms with Crippen molar-refractivity contribution >= 4 is 40.2 Å². The maximum Gasteiger partial charge on any atom is 0.276 e. The van der Waals surface area contributed by atoms with E-state index in [1.54, 1.807) is 7.05 Å². The Balaban J connectivity index is 1.49. The van der Waals surface area contributed by atoms with Crippen molar-refractivity contribution in [2.75, 3.05) is 13.7 Å². The number of fused-ring (bicyclic) bond motifs is 1. The zero-order chi connectivity index (χ0) is 20.4. The van der Waals surface area contributed by atoms with Gasteiger partial charge in [-0.3, -0.25) is 9.69 Å². The maximum atomic E-state index is 12.3. The number of benzene rings is 2. The molecule has 1 saturated heterocycles. The lowest BCUT2D eigenvalue weighted by atomic mass is 10.1. The molecular weight excluding hydrogens is 382 g/mol. The van der Waals surface area contributed by atoms with Crippen LogP contribution in [-0.2, 0) is 11.3 Å². The van der Waals surface area contributed by atoms with Gasteiger partial charge >= 0.3 is 0 Å². The molecule has 4 rings (SSSR count). The number of nitrogens with one attached hydrogen (secondary N) is 1. The quantitative estimate of drug-likeness (QED) is 0.381. The number of hydrogen-bond acceptors (Lipinski definition) is 3. The van der Waals surface area contributed by atoms with Crippen molar-refractivity contribution in [3.8, 4) is 5.75 Å². The minimum Gasteiger partial charge on any atom is -0.494 e. The van der Waals surface area contributed by atoms with Gasteiger partial charge in [0.05, 0.1) is 6.61 Å². The van der Waals surface area contributed by atoms with E-state index in [1.165, 1.54) is 10.5 Å². The average Bonchev–Trinajstić information content (AvgIpc) is 3.19.